The largest absolute Gasteiger partial charge is 0.493 e. The van der Waals surface area contributed by atoms with Crippen molar-refractivity contribution in [1.82, 2.24) is 9.97 Å². The van der Waals surface area contributed by atoms with Crippen LogP contribution in [0.1, 0.15) is 11.1 Å². The second-order valence-corrected chi connectivity index (χ2v) is 7.64. The van der Waals surface area contributed by atoms with E-state index < -0.39 is 0 Å². The number of methoxy groups -OCH3 is 1. The second kappa shape index (κ2) is 9.55. The lowest BCUT2D eigenvalue weighted by molar-refractivity contribution is 0.285. The number of nitrogens with zero attached hydrogens (tertiary/aromatic N) is 3. The van der Waals surface area contributed by atoms with Crippen molar-refractivity contribution in [3.63, 3.8) is 0 Å². The number of hydrogen-bond acceptors (Lipinski definition) is 6. The first-order valence-electron chi connectivity index (χ1n) is 8.24. The third-order valence-electron chi connectivity index (χ3n) is 4.01. The highest BCUT2D eigenvalue weighted by atomic mass is 35.5. The second-order valence-electron chi connectivity index (χ2n) is 5.69. The summed E-state index contributed by atoms with van der Waals surface area (Å²) >= 11 is 19.9. The van der Waals surface area contributed by atoms with Gasteiger partial charge in [0.1, 0.15) is 18.2 Å². The molecule has 148 valence electrons. The minimum atomic E-state index is 0.106. The molecule has 0 aliphatic carbocycles. The topological polar surface area (TPSA) is 68.0 Å². The van der Waals surface area contributed by atoms with Crippen molar-refractivity contribution in [2.75, 3.05) is 13.4 Å². The molecule has 0 radical (unpaired) electrons. The van der Waals surface area contributed by atoms with Gasteiger partial charge in [-0.1, -0.05) is 52.6 Å². The Hall–Kier alpha value is -2.17. The average Bonchev–Trinajstić information content (AvgIpc) is 2.72. The minimum absolute atomic E-state index is 0.106. The minimum Gasteiger partial charge on any atom is -0.493 e. The maximum atomic E-state index is 9.47. The number of benzene rings is 2. The molecule has 0 bridgehead atoms. The van der Waals surface area contributed by atoms with Crippen LogP contribution in [-0.2, 0) is 6.61 Å². The van der Waals surface area contributed by atoms with Gasteiger partial charge >= 0.3 is 0 Å². The van der Waals surface area contributed by atoms with E-state index in [1.807, 2.05) is 6.26 Å². The fourth-order valence-electron chi connectivity index (χ4n) is 2.57. The Morgan fingerprint density at radius 1 is 1.07 bits per heavy atom. The Morgan fingerprint density at radius 3 is 2.41 bits per heavy atom. The van der Waals surface area contributed by atoms with E-state index in [1.54, 1.807) is 36.4 Å². The van der Waals surface area contributed by atoms with Gasteiger partial charge in [-0.15, -0.1) is 0 Å². The van der Waals surface area contributed by atoms with Crippen LogP contribution in [0.2, 0.25) is 15.2 Å². The van der Waals surface area contributed by atoms with E-state index in [-0.39, 0.29) is 17.3 Å². The predicted molar refractivity (Wildman–Crippen MR) is 116 cm³/mol. The van der Waals surface area contributed by atoms with E-state index in [9.17, 15) is 5.26 Å². The molecule has 0 saturated heterocycles. The Morgan fingerprint density at radius 2 is 1.79 bits per heavy atom. The van der Waals surface area contributed by atoms with Crippen molar-refractivity contribution in [2.45, 2.75) is 11.8 Å². The van der Waals surface area contributed by atoms with E-state index >= 15 is 0 Å². The Labute approximate surface area is 187 Å². The maximum absolute atomic E-state index is 9.47. The first kappa shape index (κ1) is 21.5. The van der Waals surface area contributed by atoms with Crippen LogP contribution >= 0.6 is 46.6 Å². The lowest BCUT2D eigenvalue weighted by Crippen LogP contribution is -2.00. The number of hydrogen-bond donors (Lipinski definition) is 0. The maximum Gasteiger partial charge on any atom is 0.189 e. The normalized spacial score (nSPS) is 10.5. The van der Waals surface area contributed by atoms with Gasteiger partial charge in [-0.3, -0.25) is 0 Å². The summed E-state index contributed by atoms with van der Waals surface area (Å²) in [6, 6.07) is 12.6. The predicted octanol–water partition coefficient (Wildman–Crippen LogP) is 6.28. The Bertz CT molecular complexity index is 1080. The summed E-state index contributed by atoms with van der Waals surface area (Å²) in [5.74, 6) is 0.964. The Kier molecular flexibility index (Phi) is 7.09. The SMILES string of the molecule is COc1cc(-c2nc(SC)nc(Cl)c2C#N)ccc1OCc1c(Cl)cccc1Cl. The standard InChI is InChI=1S/C20H14Cl3N3O2S/c1-27-17-8-11(18-12(9-24)19(23)26-20(25-18)29-2)6-7-16(17)28-10-13-14(21)4-3-5-15(13)22/h3-8H,10H2,1-2H3. The van der Waals surface area contributed by atoms with Crippen LogP contribution in [-0.4, -0.2) is 23.3 Å². The van der Waals surface area contributed by atoms with Gasteiger partial charge in [0.25, 0.3) is 0 Å². The summed E-state index contributed by atoms with van der Waals surface area (Å²) in [5, 5.41) is 11.1. The summed E-state index contributed by atoms with van der Waals surface area (Å²) < 4.78 is 11.3. The monoisotopic (exact) mass is 465 g/mol. The first-order valence-corrected chi connectivity index (χ1v) is 10.6. The van der Waals surface area contributed by atoms with Crippen molar-refractivity contribution in [3.05, 3.63) is 62.7 Å². The number of aromatic nitrogens is 2. The number of nitriles is 1. The summed E-state index contributed by atoms with van der Waals surface area (Å²) in [6.45, 7) is 0.174. The van der Waals surface area contributed by atoms with Gasteiger partial charge in [-0.25, -0.2) is 9.97 Å². The fourth-order valence-corrected chi connectivity index (χ4v) is 3.70. The third kappa shape index (κ3) is 4.71. The zero-order valence-electron chi connectivity index (χ0n) is 15.4. The van der Waals surface area contributed by atoms with Gasteiger partial charge in [0.2, 0.25) is 0 Å². The summed E-state index contributed by atoms with van der Waals surface area (Å²) in [4.78, 5) is 8.53. The molecule has 2 aromatic carbocycles. The molecule has 0 fully saturated rings. The molecule has 0 unspecified atom stereocenters. The van der Waals surface area contributed by atoms with Crippen molar-refractivity contribution in [3.8, 4) is 28.8 Å². The molecular weight excluding hydrogens is 453 g/mol. The zero-order chi connectivity index (χ0) is 21.0. The molecule has 29 heavy (non-hydrogen) atoms. The van der Waals surface area contributed by atoms with Crippen LogP contribution in [0.25, 0.3) is 11.3 Å². The van der Waals surface area contributed by atoms with Gasteiger partial charge in [0, 0.05) is 21.2 Å². The van der Waals surface area contributed by atoms with E-state index in [0.717, 1.165) is 0 Å². The molecule has 0 saturated carbocycles. The molecular formula is C20H14Cl3N3O2S. The highest BCUT2D eigenvalue weighted by molar-refractivity contribution is 7.98. The van der Waals surface area contributed by atoms with Gasteiger partial charge in [-0.2, -0.15) is 5.26 Å². The van der Waals surface area contributed by atoms with Crippen molar-refractivity contribution in [2.24, 2.45) is 0 Å². The number of rotatable bonds is 6. The highest BCUT2D eigenvalue weighted by Crippen LogP contribution is 2.36. The summed E-state index contributed by atoms with van der Waals surface area (Å²) in [7, 11) is 1.53. The molecule has 1 aromatic heterocycles. The molecule has 0 spiro atoms. The van der Waals surface area contributed by atoms with Crippen LogP contribution in [0.5, 0.6) is 11.5 Å². The van der Waals surface area contributed by atoms with Crippen molar-refractivity contribution >= 4 is 46.6 Å². The van der Waals surface area contributed by atoms with Crippen LogP contribution in [0.3, 0.4) is 0 Å². The molecule has 0 atom stereocenters. The van der Waals surface area contributed by atoms with Gasteiger partial charge in [0.15, 0.2) is 21.8 Å². The summed E-state index contributed by atoms with van der Waals surface area (Å²) in [6.07, 6.45) is 1.83. The molecule has 0 amide bonds. The molecule has 9 heteroatoms. The zero-order valence-corrected chi connectivity index (χ0v) is 18.5. The number of ether oxygens (including phenoxy) is 2. The third-order valence-corrected chi connectivity index (χ3v) is 5.54. The molecule has 5 nitrogen and oxygen atoms in total. The van der Waals surface area contributed by atoms with E-state index in [1.165, 1.54) is 18.9 Å². The van der Waals surface area contributed by atoms with Crippen LogP contribution in [0.15, 0.2) is 41.6 Å². The van der Waals surface area contributed by atoms with E-state index in [2.05, 4.69) is 16.0 Å². The lowest BCUT2D eigenvalue weighted by atomic mass is 10.1. The van der Waals surface area contributed by atoms with Crippen molar-refractivity contribution < 1.29 is 9.47 Å². The lowest BCUT2D eigenvalue weighted by Gasteiger charge is -2.14. The molecule has 0 N–H and O–H groups in total. The quantitative estimate of drug-likeness (QED) is 0.242. The first-order chi connectivity index (χ1) is 14.0. The van der Waals surface area contributed by atoms with E-state index in [0.29, 0.717) is 43.5 Å². The van der Waals surface area contributed by atoms with Gasteiger partial charge in [0.05, 0.1) is 12.8 Å². The van der Waals surface area contributed by atoms with Crippen LogP contribution < -0.4 is 9.47 Å². The molecule has 1 heterocycles. The average molecular weight is 467 g/mol. The smallest absolute Gasteiger partial charge is 0.189 e. The van der Waals surface area contributed by atoms with E-state index in [4.69, 9.17) is 44.3 Å². The molecule has 0 aliphatic rings. The van der Waals surface area contributed by atoms with Crippen molar-refractivity contribution in [1.29, 1.82) is 5.26 Å². The number of halogens is 3. The van der Waals surface area contributed by atoms with Crippen LogP contribution in [0.4, 0.5) is 0 Å². The van der Waals surface area contributed by atoms with Crippen LogP contribution in [0, 0.1) is 11.3 Å². The summed E-state index contributed by atoms with van der Waals surface area (Å²) in [5.41, 5.74) is 1.96. The molecule has 3 rings (SSSR count). The Balaban J connectivity index is 1.96. The fraction of sp³-hybridized carbons (Fsp3) is 0.150. The number of thioether (sulfide) groups is 1. The van der Waals surface area contributed by atoms with Gasteiger partial charge in [-0.05, 0) is 36.6 Å². The molecule has 3 aromatic rings. The highest BCUT2D eigenvalue weighted by Gasteiger charge is 2.17. The van der Waals surface area contributed by atoms with Gasteiger partial charge < -0.3 is 9.47 Å². The molecule has 0 aliphatic heterocycles.